The summed E-state index contributed by atoms with van der Waals surface area (Å²) in [7, 11) is 0. The van der Waals surface area contributed by atoms with Crippen molar-refractivity contribution in [3.8, 4) is 0 Å². The van der Waals surface area contributed by atoms with Gasteiger partial charge < -0.3 is 20.3 Å². The van der Waals surface area contributed by atoms with Gasteiger partial charge in [0.2, 0.25) is 0 Å². The standard InChI is InChI=1S/C12H20N2O4S/c1-12(2,3)18-11(17)13-5-4-9(15)10(16)8-6-19-7-14-8/h6-7,9-10,15-16H,4-5H2,1-3H3,(H,13,17). The van der Waals surface area contributed by atoms with E-state index in [1.165, 1.54) is 11.3 Å². The number of carbonyl (C=O) groups is 1. The van der Waals surface area contributed by atoms with E-state index in [1.54, 1.807) is 31.7 Å². The van der Waals surface area contributed by atoms with Crippen molar-refractivity contribution in [3.63, 3.8) is 0 Å². The molecule has 3 N–H and O–H groups in total. The molecule has 0 aliphatic carbocycles. The van der Waals surface area contributed by atoms with Crippen LogP contribution >= 0.6 is 11.3 Å². The van der Waals surface area contributed by atoms with Gasteiger partial charge in [0.1, 0.15) is 11.7 Å². The van der Waals surface area contributed by atoms with Gasteiger partial charge >= 0.3 is 6.09 Å². The van der Waals surface area contributed by atoms with Crippen molar-refractivity contribution in [2.24, 2.45) is 0 Å². The summed E-state index contributed by atoms with van der Waals surface area (Å²) in [6, 6.07) is 0. The minimum atomic E-state index is -1.04. The summed E-state index contributed by atoms with van der Waals surface area (Å²) in [5.41, 5.74) is 1.47. The second-order valence-corrected chi connectivity index (χ2v) is 5.86. The highest BCUT2D eigenvalue weighted by molar-refractivity contribution is 7.07. The molecule has 0 fully saturated rings. The second-order valence-electron chi connectivity index (χ2n) is 5.14. The zero-order valence-corrected chi connectivity index (χ0v) is 12.1. The van der Waals surface area contributed by atoms with Gasteiger partial charge in [0.05, 0.1) is 17.3 Å². The normalized spacial score (nSPS) is 14.8. The highest BCUT2D eigenvalue weighted by atomic mass is 32.1. The number of aliphatic hydroxyl groups excluding tert-OH is 2. The van der Waals surface area contributed by atoms with Crippen LogP contribution in [-0.4, -0.2) is 39.5 Å². The van der Waals surface area contributed by atoms with Gasteiger partial charge in [0.15, 0.2) is 0 Å². The SMILES string of the molecule is CC(C)(C)OC(=O)NCCC(O)C(O)c1cscn1. The lowest BCUT2D eigenvalue weighted by molar-refractivity contribution is 0.0103. The Labute approximate surface area is 116 Å². The van der Waals surface area contributed by atoms with Crippen molar-refractivity contribution in [3.05, 3.63) is 16.6 Å². The molecule has 2 unspecified atom stereocenters. The molecule has 1 aromatic rings. The predicted octanol–water partition coefficient (Wildman–Crippen LogP) is 1.45. The van der Waals surface area contributed by atoms with E-state index in [0.717, 1.165) is 0 Å². The molecule has 0 saturated heterocycles. The maximum absolute atomic E-state index is 11.4. The molecule has 6 nitrogen and oxygen atoms in total. The third kappa shape index (κ3) is 6.00. The molecule has 7 heteroatoms. The van der Waals surface area contributed by atoms with E-state index in [1.807, 2.05) is 0 Å². The van der Waals surface area contributed by atoms with Crippen molar-refractivity contribution in [1.82, 2.24) is 10.3 Å². The van der Waals surface area contributed by atoms with E-state index in [-0.39, 0.29) is 13.0 Å². The van der Waals surface area contributed by atoms with Crippen molar-refractivity contribution in [2.75, 3.05) is 6.54 Å². The van der Waals surface area contributed by atoms with Crippen LogP contribution in [0.4, 0.5) is 4.79 Å². The van der Waals surface area contributed by atoms with E-state index in [4.69, 9.17) is 4.74 Å². The fourth-order valence-electron chi connectivity index (χ4n) is 1.36. The number of hydrogen-bond acceptors (Lipinski definition) is 6. The number of aromatic nitrogens is 1. The fourth-order valence-corrected chi connectivity index (χ4v) is 1.94. The lowest BCUT2D eigenvalue weighted by Crippen LogP contribution is -2.34. The Morgan fingerprint density at radius 1 is 1.53 bits per heavy atom. The smallest absolute Gasteiger partial charge is 0.407 e. The summed E-state index contributed by atoms with van der Waals surface area (Å²) < 4.78 is 5.05. The van der Waals surface area contributed by atoms with Crippen molar-refractivity contribution >= 4 is 17.4 Å². The Morgan fingerprint density at radius 3 is 2.74 bits per heavy atom. The van der Waals surface area contributed by atoms with Gasteiger partial charge in [-0.15, -0.1) is 11.3 Å². The molecule has 0 aliphatic heterocycles. The number of nitrogens with one attached hydrogen (secondary N) is 1. The molecular weight excluding hydrogens is 268 g/mol. The molecule has 19 heavy (non-hydrogen) atoms. The van der Waals surface area contributed by atoms with Crippen LogP contribution in [0, 0.1) is 0 Å². The van der Waals surface area contributed by atoms with Crippen molar-refractivity contribution in [2.45, 2.75) is 45.0 Å². The third-order valence-corrected chi connectivity index (χ3v) is 2.83. The van der Waals surface area contributed by atoms with E-state index >= 15 is 0 Å². The summed E-state index contributed by atoms with van der Waals surface area (Å²) >= 11 is 1.35. The third-order valence-electron chi connectivity index (χ3n) is 2.23. The Kier molecular flexibility index (Phi) is 5.71. The topological polar surface area (TPSA) is 91.7 Å². The molecule has 0 bridgehead atoms. The zero-order chi connectivity index (χ0) is 14.5. The van der Waals surface area contributed by atoms with Gasteiger partial charge in [-0.1, -0.05) is 0 Å². The lowest BCUT2D eigenvalue weighted by Gasteiger charge is -2.20. The molecule has 1 amide bonds. The number of ether oxygens (including phenoxy) is 1. The van der Waals surface area contributed by atoms with Crippen molar-refractivity contribution < 1.29 is 19.7 Å². The number of hydrogen-bond donors (Lipinski definition) is 3. The number of amides is 1. The average Bonchev–Trinajstić information content (AvgIpc) is 2.78. The Morgan fingerprint density at radius 2 is 2.21 bits per heavy atom. The molecule has 0 saturated carbocycles. The van der Waals surface area contributed by atoms with E-state index < -0.39 is 23.9 Å². The Hall–Kier alpha value is -1.18. The molecule has 1 rings (SSSR count). The van der Waals surface area contributed by atoms with Crippen LogP contribution in [0.2, 0.25) is 0 Å². The van der Waals surface area contributed by atoms with Crippen LogP contribution in [0.5, 0.6) is 0 Å². The fraction of sp³-hybridized carbons (Fsp3) is 0.667. The van der Waals surface area contributed by atoms with Gasteiger partial charge in [-0.2, -0.15) is 0 Å². The molecule has 108 valence electrons. The predicted molar refractivity (Wildman–Crippen MR) is 71.9 cm³/mol. The maximum Gasteiger partial charge on any atom is 0.407 e. The maximum atomic E-state index is 11.4. The number of thiazole rings is 1. The molecule has 0 spiro atoms. The van der Waals surface area contributed by atoms with Gasteiger partial charge in [-0.3, -0.25) is 0 Å². The van der Waals surface area contributed by atoms with Crippen LogP contribution in [0.25, 0.3) is 0 Å². The summed E-state index contributed by atoms with van der Waals surface area (Å²) in [6.45, 7) is 5.53. The highest BCUT2D eigenvalue weighted by Gasteiger charge is 2.21. The molecule has 0 radical (unpaired) electrons. The number of aliphatic hydroxyl groups is 2. The largest absolute Gasteiger partial charge is 0.444 e. The summed E-state index contributed by atoms with van der Waals surface area (Å²) in [6.07, 6.45) is -2.33. The molecule has 0 aromatic carbocycles. The number of carbonyl (C=O) groups excluding carboxylic acids is 1. The Bertz CT molecular complexity index is 389. The number of nitrogens with zero attached hydrogens (tertiary/aromatic N) is 1. The minimum absolute atomic E-state index is 0.220. The second kappa shape index (κ2) is 6.83. The summed E-state index contributed by atoms with van der Waals surface area (Å²) in [5, 5.41) is 23.7. The van der Waals surface area contributed by atoms with Crippen LogP contribution < -0.4 is 5.32 Å². The van der Waals surface area contributed by atoms with Gasteiger partial charge in [-0.25, -0.2) is 9.78 Å². The van der Waals surface area contributed by atoms with E-state index in [2.05, 4.69) is 10.3 Å². The summed E-state index contributed by atoms with van der Waals surface area (Å²) in [4.78, 5) is 15.3. The average molecular weight is 288 g/mol. The minimum Gasteiger partial charge on any atom is -0.444 e. The van der Waals surface area contributed by atoms with Crippen LogP contribution in [0.15, 0.2) is 10.9 Å². The molecule has 1 heterocycles. The zero-order valence-electron chi connectivity index (χ0n) is 11.3. The van der Waals surface area contributed by atoms with Gasteiger partial charge in [0.25, 0.3) is 0 Å². The first kappa shape index (κ1) is 15.9. The van der Waals surface area contributed by atoms with Crippen LogP contribution in [-0.2, 0) is 4.74 Å². The van der Waals surface area contributed by atoms with Crippen LogP contribution in [0.1, 0.15) is 39.0 Å². The Balaban J connectivity index is 2.27. The van der Waals surface area contributed by atoms with Crippen LogP contribution in [0.3, 0.4) is 0 Å². The first-order chi connectivity index (χ1) is 8.79. The highest BCUT2D eigenvalue weighted by Crippen LogP contribution is 2.18. The molecule has 2 atom stereocenters. The lowest BCUT2D eigenvalue weighted by atomic mass is 10.1. The molecule has 1 aromatic heterocycles. The first-order valence-corrected chi connectivity index (χ1v) is 6.95. The van der Waals surface area contributed by atoms with Gasteiger partial charge in [0, 0.05) is 11.9 Å². The quantitative estimate of drug-likeness (QED) is 0.763. The molecular formula is C12H20N2O4S. The number of rotatable bonds is 5. The van der Waals surface area contributed by atoms with Crippen molar-refractivity contribution in [1.29, 1.82) is 0 Å². The molecule has 0 aliphatic rings. The number of alkyl carbamates (subject to hydrolysis) is 1. The van der Waals surface area contributed by atoms with E-state index in [0.29, 0.717) is 5.69 Å². The first-order valence-electron chi connectivity index (χ1n) is 6.00. The van der Waals surface area contributed by atoms with Gasteiger partial charge in [-0.05, 0) is 27.2 Å². The van der Waals surface area contributed by atoms with E-state index in [9.17, 15) is 15.0 Å². The summed E-state index contributed by atoms with van der Waals surface area (Å²) in [5.74, 6) is 0. The monoisotopic (exact) mass is 288 g/mol.